The Kier molecular flexibility index (Phi) is 6.46. The molecule has 8 heteroatoms. The van der Waals surface area contributed by atoms with Gasteiger partial charge in [0.2, 0.25) is 0 Å². The molecule has 0 aliphatic rings. The van der Waals surface area contributed by atoms with Gasteiger partial charge in [-0.05, 0) is 37.3 Å². The molecule has 0 atom stereocenters. The number of aryl methyl sites for hydroxylation is 1. The van der Waals surface area contributed by atoms with E-state index in [1.54, 1.807) is 54.6 Å². The van der Waals surface area contributed by atoms with E-state index in [-0.39, 0.29) is 17.0 Å². The van der Waals surface area contributed by atoms with Crippen molar-refractivity contribution in [1.29, 1.82) is 0 Å². The molecule has 7 nitrogen and oxygen atoms in total. The molecular formula is C25H19BrN4O3. The summed E-state index contributed by atoms with van der Waals surface area (Å²) in [4.78, 5) is 38.8. The Balaban J connectivity index is 1.58. The molecule has 0 saturated heterocycles. The van der Waals surface area contributed by atoms with Crippen molar-refractivity contribution in [1.82, 2.24) is 10.2 Å². The third-order valence-corrected chi connectivity index (χ3v) is 5.42. The number of anilines is 2. The highest BCUT2D eigenvalue weighted by molar-refractivity contribution is 9.10. The van der Waals surface area contributed by atoms with E-state index in [9.17, 15) is 14.4 Å². The Morgan fingerprint density at radius 1 is 0.848 bits per heavy atom. The van der Waals surface area contributed by atoms with E-state index in [1.807, 2.05) is 25.1 Å². The molecule has 164 valence electrons. The predicted octanol–water partition coefficient (Wildman–Crippen LogP) is 5.22. The molecule has 4 rings (SSSR count). The number of ketones is 1. The van der Waals surface area contributed by atoms with Gasteiger partial charge in [-0.2, -0.15) is 5.10 Å². The molecule has 0 radical (unpaired) electrons. The van der Waals surface area contributed by atoms with Crippen LogP contribution in [0.25, 0.3) is 0 Å². The van der Waals surface area contributed by atoms with Crippen molar-refractivity contribution in [3.63, 3.8) is 0 Å². The van der Waals surface area contributed by atoms with E-state index in [0.717, 1.165) is 5.56 Å². The standard InChI is InChI=1S/C25H19BrN4O3/c1-15-7-10-18(11-8-15)28-24(32)20-14-27-30-22(20)25(33)29-21-12-9-17(26)13-19(21)23(31)16-5-3-2-4-6-16/h2-14H,1H3,(H,27,30)(H,28,32)(H,29,33). The number of carbonyl (C=O) groups is 3. The predicted molar refractivity (Wildman–Crippen MR) is 130 cm³/mol. The summed E-state index contributed by atoms with van der Waals surface area (Å²) in [5.74, 6) is -1.31. The van der Waals surface area contributed by atoms with Gasteiger partial charge >= 0.3 is 0 Å². The first-order valence-electron chi connectivity index (χ1n) is 10.0. The van der Waals surface area contributed by atoms with Gasteiger partial charge in [-0.3, -0.25) is 19.5 Å². The maximum absolute atomic E-state index is 13.0. The van der Waals surface area contributed by atoms with Gasteiger partial charge in [-0.25, -0.2) is 0 Å². The lowest BCUT2D eigenvalue weighted by molar-refractivity contribution is 0.0987. The number of nitrogens with one attached hydrogen (secondary N) is 3. The van der Waals surface area contributed by atoms with Gasteiger partial charge in [0.05, 0.1) is 17.4 Å². The number of carbonyl (C=O) groups excluding carboxylic acids is 3. The fourth-order valence-electron chi connectivity index (χ4n) is 3.21. The second-order valence-electron chi connectivity index (χ2n) is 7.32. The van der Waals surface area contributed by atoms with Crippen LogP contribution in [0.2, 0.25) is 0 Å². The second kappa shape index (κ2) is 9.62. The van der Waals surface area contributed by atoms with Crippen LogP contribution < -0.4 is 10.6 Å². The summed E-state index contributed by atoms with van der Waals surface area (Å²) in [6.45, 7) is 1.95. The fourth-order valence-corrected chi connectivity index (χ4v) is 3.57. The molecule has 1 aromatic heterocycles. The fraction of sp³-hybridized carbons (Fsp3) is 0.0400. The highest BCUT2D eigenvalue weighted by Gasteiger charge is 2.22. The first-order chi connectivity index (χ1) is 15.9. The van der Waals surface area contributed by atoms with E-state index < -0.39 is 11.8 Å². The molecule has 0 fully saturated rings. The summed E-state index contributed by atoms with van der Waals surface area (Å²) < 4.78 is 0.694. The van der Waals surface area contributed by atoms with Gasteiger partial charge in [0, 0.05) is 21.3 Å². The zero-order valence-corrected chi connectivity index (χ0v) is 19.1. The molecule has 0 aliphatic heterocycles. The number of hydrogen-bond donors (Lipinski definition) is 3. The Bertz CT molecular complexity index is 1330. The number of H-pyrrole nitrogens is 1. The quantitative estimate of drug-likeness (QED) is 0.314. The minimum atomic E-state index is -0.592. The average Bonchev–Trinajstić information content (AvgIpc) is 3.32. The van der Waals surface area contributed by atoms with Gasteiger partial charge in [-0.15, -0.1) is 0 Å². The Labute approximate surface area is 198 Å². The topological polar surface area (TPSA) is 104 Å². The molecule has 1 heterocycles. The van der Waals surface area contributed by atoms with E-state index in [2.05, 4.69) is 36.8 Å². The number of halogens is 1. The first kappa shape index (κ1) is 22.2. The Morgan fingerprint density at radius 3 is 2.30 bits per heavy atom. The van der Waals surface area contributed by atoms with Gasteiger partial charge in [0.1, 0.15) is 5.69 Å². The highest BCUT2D eigenvalue weighted by atomic mass is 79.9. The molecule has 33 heavy (non-hydrogen) atoms. The zero-order chi connectivity index (χ0) is 23.4. The number of aromatic amines is 1. The van der Waals surface area contributed by atoms with Crippen molar-refractivity contribution in [2.75, 3.05) is 10.6 Å². The summed E-state index contributed by atoms with van der Waals surface area (Å²) in [5, 5.41) is 11.9. The van der Waals surface area contributed by atoms with Crippen LogP contribution in [0.5, 0.6) is 0 Å². The monoisotopic (exact) mass is 502 g/mol. The minimum absolute atomic E-state index is 0.0133. The lowest BCUT2D eigenvalue weighted by Gasteiger charge is -2.12. The lowest BCUT2D eigenvalue weighted by atomic mass is 10.0. The van der Waals surface area contributed by atoms with Crippen LogP contribution in [0.3, 0.4) is 0 Å². The molecule has 0 saturated carbocycles. The van der Waals surface area contributed by atoms with Gasteiger partial charge < -0.3 is 10.6 Å². The van der Waals surface area contributed by atoms with E-state index >= 15 is 0 Å². The molecule has 3 aromatic carbocycles. The van der Waals surface area contributed by atoms with E-state index in [0.29, 0.717) is 27.0 Å². The molecule has 4 aromatic rings. The maximum atomic E-state index is 13.0. The SMILES string of the molecule is Cc1ccc(NC(=O)c2cn[nH]c2C(=O)Nc2ccc(Br)cc2C(=O)c2ccccc2)cc1. The van der Waals surface area contributed by atoms with Crippen molar-refractivity contribution >= 4 is 44.9 Å². The Hall–Kier alpha value is -4.04. The number of aromatic nitrogens is 2. The number of amides is 2. The highest BCUT2D eigenvalue weighted by Crippen LogP contribution is 2.25. The number of hydrogen-bond acceptors (Lipinski definition) is 4. The average molecular weight is 503 g/mol. The normalized spacial score (nSPS) is 10.5. The summed E-state index contributed by atoms with van der Waals surface area (Å²) in [5.41, 5.74) is 2.85. The van der Waals surface area contributed by atoms with E-state index in [4.69, 9.17) is 0 Å². The van der Waals surface area contributed by atoms with Crippen molar-refractivity contribution in [3.05, 3.63) is 111 Å². The maximum Gasteiger partial charge on any atom is 0.274 e. The zero-order valence-electron chi connectivity index (χ0n) is 17.6. The summed E-state index contributed by atoms with van der Waals surface area (Å²) in [6.07, 6.45) is 1.29. The third kappa shape index (κ3) is 5.07. The Morgan fingerprint density at radius 2 is 1.58 bits per heavy atom. The van der Waals surface area contributed by atoms with Crippen LogP contribution in [0.15, 0.2) is 83.5 Å². The molecule has 0 bridgehead atoms. The summed E-state index contributed by atoms with van der Waals surface area (Å²) in [6, 6.07) is 21.1. The minimum Gasteiger partial charge on any atom is -0.322 e. The number of rotatable bonds is 6. The van der Waals surface area contributed by atoms with Gasteiger partial charge in [-0.1, -0.05) is 64.0 Å². The van der Waals surface area contributed by atoms with Crippen LogP contribution >= 0.6 is 15.9 Å². The number of benzene rings is 3. The van der Waals surface area contributed by atoms with Crippen LogP contribution in [0, 0.1) is 6.92 Å². The molecule has 3 N–H and O–H groups in total. The molecule has 0 unspecified atom stereocenters. The molecule has 0 spiro atoms. The number of nitrogens with zero attached hydrogens (tertiary/aromatic N) is 1. The van der Waals surface area contributed by atoms with Crippen molar-refractivity contribution < 1.29 is 14.4 Å². The molecular weight excluding hydrogens is 484 g/mol. The van der Waals surface area contributed by atoms with Crippen LogP contribution in [-0.2, 0) is 0 Å². The lowest BCUT2D eigenvalue weighted by Crippen LogP contribution is -2.20. The second-order valence-corrected chi connectivity index (χ2v) is 8.23. The van der Waals surface area contributed by atoms with Crippen molar-refractivity contribution in [2.45, 2.75) is 6.92 Å². The van der Waals surface area contributed by atoms with Gasteiger partial charge in [0.15, 0.2) is 5.78 Å². The van der Waals surface area contributed by atoms with Crippen molar-refractivity contribution in [2.24, 2.45) is 0 Å². The molecule has 2 amide bonds. The summed E-state index contributed by atoms with van der Waals surface area (Å²) >= 11 is 3.37. The smallest absolute Gasteiger partial charge is 0.274 e. The van der Waals surface area contributed by atoms with Crippen LogP contribution in [0.1, 0.15) is 42.3 Å². The largest absolute Gasteiger partial charge is 0.322 e. The third-order valence-electron chi connectivity index (χ3n) is 4.93. The van der Waals surface area contributed by atoms with Crippen LogP contribution in [-0.4, -0.2) is 27.8 Å². The van der Waals surface area contributed by atoms with Gasteiger partial charge in [0.25, 0.3) is 11.8 Å². The summed E-state index contributed by atoms with van der Waals surface area (Å²) in [7, 11) is 0. The van der Waals surface area contributed by atoms with E-state index in [1.165, 1.54) is 6.20 Å². The first-order valence-corrected chi connectivity index (χ1v) is 10.8. The van der Waals surface area contributed by atoms with Crippen LogP contribution in [0.4, 0.5) is 11.4 Å². The molecule has 0 aliphatic carbocycles. The van der Waals surface area contributed by atoms with Crippen molar-refractivity contribution in [3.8, 4) is 0 Å².